The van der Waals surface area contributed by atoms with Gasteiger partial charge in [0.2, 0.25) is 0 Å². The second-order valence-electron chi connectivity index (χ2n) is 15.9. The van der Waals surface area contributed by atoms with Crippen LogP contribution in [0.4, 0.5) is 0 Å². The molecule has 6 rings (SSSR count). The standard InChI is InChI=1S/C25H32O3S.C23H28O3S/c1-5-27-25(26)23(14-17(2)3)20-10-13-22(19-8-11-21(29-4)12-9-19)24(15-20)28-16-18-6-7-18;1-15(2)12-21(23(24)25)18-8-11-20(17-6-9-19(27-3)10-7-17)22(13-18)26-14-16-4-5-16/h8-13,15,17-18,23H,5-7,14,16H2,1-4H3;6-11,13,15-16,21H,4-5,12,14H2,1-3H3,(H,24,25). The number of carbonyl (C=O) groups excluding carboxylic acids is 1. The van der Waals surface area contributed by atoms with Crippen LogP contribution in [0.15, 0.2) is 94.7 Å². The zero-order chi connectivity index (χ0) is 40.2. The van der Waals surface area contributed by atoms with Gasteiger partial charge < -0.3 is 19.3 Å². The maximum Gasteiger partial charge on any atom is 0.313 e. The second kappa shape index (κ2) is 21.0. The highest BCUT2D eigenvalue weighted by Crippen LogP contribution is 2.39. The molecule has 0 amide bonds. The highest BCUT2D eigenvalue weighted by atomic mass is 32.2. The molecule has 56 heavy (non-hydrogen) atoms. The van der Waals surface area contributed by atoms with E-state index in [9.17, 15) is 14.7 Å². The molecule has 0 radical (unpaired) electrons. The summed E-state index contributed by atoms with van der Waals surface area (Å²) >= 11 is 3.45. The van der Waals surface area contributed by atoms with Crippen LogP contribution >= 0.6 is 23.5 Å². The van der Waals surface area contributed by atoms with E-state index < -0.39 is 11.9 Å². The lowest BCUT2D eigenvalue weighted by Crippen LogP contribution is -2.18. The van der Waals surface area contributed by atoms with Crippen molar-refractivity contribution >= 4 is 35.5 Å². The van der Waals surface area contributed by atoms with Gasteiger partial charge >= 0.3 is 11.9 Å². The summed E-state index contributed by atoms with van der Waals surface area (Å²) < 4.78 is 17.8. The molecule has 2 unspecified atom stereocenters. The van der Waals surface area contributed by atoms with Gasteiger partial charge in [-0.15, -0.1) is 23.5 Å². The third kappa shape index (κ3) is 12.8. The Bertz CT molecular complexity index is 1860. The molecule has 0 heterocycles. The van der Waals surface area contributed by atoms with Crippen LogP contribution in [0, 0.1) is 23.7 Å². The van der Waals surface area contributed by atoms with Crippen LogP contribution in [-0.4, -0.2) is 49.4 Å². The lowest BCUT2D eigenvalue weighted by Gasteiger charge is -2.20. The smallest absolute Gasteiger partial charge is 0.313 e. The molecule has 2 saturated carbocycles. The quantitative estimate of drug-likeness (QED) is 0.0742. The van der Waals surface area contributed by atoms with Crippen LogP contribution < -0.4 is 9.47 Å². The Kier molecular flexibility index (Phi) is 16.2. The molecule has 0 aromatic heterocycles. The van der Waals surface area contributed by atoms with E-state index in [2.05, 4.69) is 107 Å². The zero-order valence-electron chi connectivity index (χ0n) is 34.2. The molecule has 2 atom stereocenters. The van der Waals surface area contributed by atoms with Crippen molar-refractivity contribution < 1.29 is 28.9 Å². The molecule has 300 valence electrons. The summed E-state index contributed by atoms with van der Waals surface area (Å²) in [6.45, 7) is 12.1. The maximum absolute atomic E-state index is 12.6. The molecule has 0 aliphatic heterocycles. The Morgan fingerprint density at radius 3 is 1.41 bits per heavy atom. The number of hydrogen-bond donors (Lipinski definition) is 1. The maximum atomic E-state index is 12.6. The molecule has 2 aliphatic rings. The van der Waals surface area contributed by atoms with Gasteiger partial charge in [0.25, 0.3) is 0 Å². The molecule has 4 aromatic rings. The fourth-order valence-electron chi connectivity index (χ4n) is 6.69. The van der Waals surface area contributed by atoms with Gasteiger partial charge in [0.1, 0.15) is 11.5 Å². The first-order valence-corrected chi connectivity index (χ1v) is 22.7. The van der Waals surface area contributed by atoms with Crippen LogP contribution in [0.1, 0.15) is 96.1 Å². The number of esters is 1. The van der Waals surface area contributed by atoms with Gasteiger partial charge in [-0.3, -0.25) is 9.59 Å². The molecule has 0 bridgehead atoms. The van der Waals surface area contributed by atoms with Crippen molar-refractivity contribution in [1.29, 1.82) is 0 Å². The van der Waals surface area contributed by atoms with Crippen LogP contribution in [0.3, 0.4) is 0 Å². The van der Waals surface area contributed by atoms with Crippen LogP contribution in [0.2, 0.25) is 0 Å². The first-order valence-electron chi connectivity index (χ1n) is 20.2. The summed E-state index contributed by atoms with van der Waals surface area (Å²) in [6, 6.07) is 29.1. The summed E-state index contributed by atoms with van der Waals surface area (Å²) in [5, 5.41) is 9.70. The summed E-state index contributed by atoms with van der Waals surface area (Å²) in [6.07, 6.45) is 10.5. The molecule has 4 aromatic carbocycles. The molecule has 0 saturated heterocycles. The molecule has 1 N–H and O–H groups in total. The Morgan fingerprint density at radius 2 is 1.05 bits per heavy atom. The van der Waals surface area contributed by atoms with Crippen LogP contribution in [0.25, 0.3) is 22.3 Å². The lowest BCUT2D eigenvalue weighted by molar-refractivity contribution is -0.145. The molecule has 8 heteroatoms. The van der Waals surface area contributed by atoms with E-state index in [-0.39, 0.29) is 11.9 Å². The average molecular weight is 797 g/mol. The van der Waals surface area contributed by atoms with Gasteiger partial charge in [-0.05, 0) is 140 Å². The van der Waals surface area contributed by atoms with E-state index in [1.165, 1.54) is 35.5 Å². The topological polar surface area (TPSA) is 82.1 Å². The predicted octanol–water partition coefficient (Wildman–Crippen LogP) is 12.6. The molecule has 2 fully saturated rings. The van der Waals surface area contributed by atoms with Crippen molar-refractivity contribution in [2.75, 3.05) is 32.3 Å². The van der Waals surface area contributed by atoms with Crippen LogP contribution in [-0.2, 0) is 14.3 Å². The number of carbonyl (C=O) groups is 2. The zero-order valence-corrected chi connectivity index (χ0v) is 35.8. The normalized spacial score (nSPS) is 14.8. The highest BCUT2D eigenvalue weighted by molar-refractivity contribution is 7.98. The fraction of sp³-hybridized carbons (Fsp3) is 0.458. The number of carboxylic acids is 1. The second-order valence-corrected chi connectivity index (χ2v) is 17.7. The van der Waals surface area contributed by atoms with Gasteiger partial charge in [0, 0.05) is 20.9 Å². The number of hydrogen-bond acceptors (Lipinski definition) is 7. The van der Waals surface area contributed by atoms with Crippen molar-refractivity contribution in [1.82, 2.24) is 0 Å². The van der Waals surface area contributed by atoms with Gasteiger partial charge in [-0.25, -0.2) is 0 Å². The van der Waals surface area contributed by atoms with Crippen molar-refractivity contribution in [3.63, 3.8) is 0 Å². The van der Waals surface area contributed by atoms with E-state index in [1.54, 1.807) is 23.5 Å². The summed E-state index contributed by atoms with van der Waals surface area (Å²) in [7, 11) is 0. The van der Waals surface area contributed by atoms with E-state index in [0.29, 0.717) is 43.3 Å². The first-order chi connectivity index (χ1) is 27.0. The summed E-state index contributed by atoms with van der Waals surface area (Å²) in [5.74, 6) is 2.02. The number of ether oxygens (including phenoxy) is 3. The summed E-state index contributed by atoms with van der Waals surface area (Å²) in [5.41, 5.74) is 6.14. The number of rotatable bonds is 19. The monoisotopic (exact) mass is 796 g/mol. The van der Waals surface area contributed by atoms with Crippen molar-refractivity contribution in [2.45, 2.75) is 94.8 Å². The van der Waals surface area contributed by atoms with Crippen molar-refractivity contribution in [2.24, 2.45) is 23.7 Å². The van der Waals surface area contributed by atoms with E-state index >= 15 is 0 Å². The largest absolute Gasteiger partial charge is 0.493 e. The number of thioether (sulfide) groups is 2. The SMILES string of the molecule is CCOC(=O)C(CC(C)C)c1ccc(-c2ccc(SC)cc2)c(OCC2CC2)c1.CSc1ccc(-c2ccc(C(CC(C)C)C(=O)O)cc2OCC2CC2)cc1. The highest BCUT2D eigenvalue weighted by Gasteiger charge is 2.27. The minimum absolute atomic E-state index is 0.147. The predicted molar refractivity (Wildman–Crippen MR) is 232 cm³/mol. The average Bonchev–Trinajstić information content (AvgIpc) is 4.14. The Hall–Kier alpha value is -3.88. The molecule has 6 nitrogen and oxygen atoms in total. The van der Waals surface area contributed by atoms with Crippen LogP contribution in [0.5, 0.6) is 11.5 Å². The minimum atomic E-state index is -0.770. The minimum Gasteiger partial charge on any atom is -0.493 e. The van der Waals surface area contributed by atoms with Gasteiger partial charge in [0.15, 0.2) is 0 Å². The lowest BCUT2D eigenvalue weighted by atomic mass is 9.89. The number of carboxylic acid groups (broad SMARTS) is 1. The van der Waals surface area contributed by atoms with E-state index in [0.717, 1.165) is 57.9 Å². The van der Waals surface area contributed by atoms with Crippen molar-refractivity contribution in [3.8, 4) is 33.8 Å². The van der Waals surface area contributed by atoms with Gasteiger partial charge in [-0.1, -0.05) is 76.2 Å². The Balaban J connectivity index is 0.000000215. The molecular formula is C48H60O6S2. The van der Waals surface area contributed by atoms with Gasteiger partial charge in [0.05, 0.1) is 31.7 Å². The van der Waals surface area contributed by atoms with E-state index in [4.69, 9.17) is 14.2 Å². The number of aliphatic carboxylic acids is 1. The van der Waals surface area contributed by atoms with E-state index in [1.807, 2.05) is 25.1 Å². The summed E-state index contributed by atoms with van der Waals surface area (Å²) in [4.78, 5) is 26.9. The molecule has 2 aliphatic carbocycles. The molecular weight excluding hydrogens is 737 g/mol. The fourth-order valence-corrected chi connectivity index (χ4v) is 7.50. The van der Waals surface area contributed by atoms with Gasteiger partial charge in [-0.2, -0.15) is 0 Å². The number of benzene rings is 4. The molecule has 0 spiro atoms. The van der Waals surface area contributed by atoms with Crippen molar-refractivity contribution in [3.05, 3.63) is 96.1 Å². The first kappa shape index (κ1) is 43.2. The third-order valence-corrected chi connectivity index (χ3v) is 11.7. The Labute approximate surface area is 343 Å². The Morgan fingerprint density at radius 1 is 0.643 bits per heavy atom. The third-order valence-electron chi connectivity index (χ3n) is 10.2.